The number of hydrogen-bond acceptors (Lipinski definition) is 3. The first-order valence-corrected chi connectivity index (χ1v) is 8.54. The highest BCUT2D eigenvalue weighted by atomic mass is 16.5. The lowest BCUT2D eigenvalue weighted by atomic mass is 9.78. The van der Waals surface area contributed by atoms with Crippen molar-refractivity contribution < 1.29 is 13.9 Å². The summed E-state index contributed by atoms with van der Waals surface area (Å²) < 4.78 is 10.7. The van der Waals surface area contributed by atoms with Gasteiger partial charge in [0.15, 0.2) is 0 Å². The van der Waals surface area contributed by atoms with Crippen LogP contribution in [0.25, 0.3) is 0 Å². The third kappa shape index (κ3) is 3.18. The molecule has 1 aliphatic carbocycles. The molecule has 0 aliphatic heterocycles. The predicted molar refractivity (Wildman–Crippen MR) is 93.7 cm³/mol. The van der Waals surface area contributed by atoms with Gasteiger partial charge >= 0.3 is 0 Å². The first-order valence-electron chi connectivity index (χ1n) is 8.54. The Morgan fingerprint density at radius 3 is 2.42 bits per heavy atom. The molecule has 24 heavy (non-hydrogen) atoms. The number of rotatable bonds is 5. The number of furan rings is 1. The van der Waals surface area contributed by atoms with Gasteiger partial charge in [-0.2, -0.15) is 0 Å². The zero-order valence-electron chi connectivity index (χ0n) is 14.6. The second-order valence-corrected chi connectivity index (χ2v) is 6.73. The monoisotopic (exact) mass is 327 g/mol. The molecule has 1 heterocycles. The number of carbonyl (C=O) groups is 1. The maximum atomic E-state index is 12.5. The van der Waals surface area contributed by atoms with Gasteiger partial charge in [-0.1, -0.05) is 25.0 Å². The summed E-state index contributed by atoms with van der Waals surface area (Å²) in [4.78, 5) is 12.5. The lowest BCUT2D eigenvalue weighted by Gasteiger charge is -2.30. The fourth-order valence-corrected chi connectivity index (χ4v) is 3.76. The van der Waals surface area contributed by atoms with E-state index in [1.54, 1.807) is 13.2 Å². The van der Waals surface area contributed by atoms with E-state index in [1.807, 2.05) is 26.0 Å². The number of hydrogen-bond donors (Lipinski definition) is 1. The maximum absolute atomic E-state index is 12.5. The van der Waals surface area contributed by atoms with Crippen LogP contribution in [0, 0.1) is 13.8 Å². The maximum Gasteiger partial charge on any atom is 0.254 e. The van der Waals surface area contributed by atoms with Crippen molar-refractivity contribution in [2.75, 3.05) is 13.7 Å². The zero-order valence-corrected chi connectivity index (χ0v) is 14.6. The number of amides is 1. The summed E-state index contributed by atoms with van der Waals surface area (Å²) in [5.41, 5.74) is 1.94. The first kappa shape index (κ1) is 16.6. The molecule has 0 spiro atoms. The molecule has 0 saturated heterocycles. The SMILES string of the molecule is COc1ccc(C2(CNC(=O)c3cc(C)oc3C)CCCC2)cc1. The highest BCUT2D eigenvalue weighted by molar-refractivity contribution is 5.95. The molecule has 3 rings (SSSR count). The number of aryl methyl sites for hydroxylation is 2. The standard InChI is InChI=1S/C20H25NO3/c1-14-12-18(15(2)24-14)19(22)21-13-20(10-4-5-11-20)16-6-8-17(23-3)9-7-16/h6-9,12H,4-5,10-11,13H2,1-3H3,(H,21,22). The van der Waals surface area contributed by atoms with Gasteiger partial charge in [-0.15, -0.1) is 0 Å². The highest BCUT2D eigenvalue weighted by Gasteiger charge is 2.36. The van der Waals surface area contributed by atoms with Crippen LogP contribution in [0.4, 0.5) is 0 Å². The molecule has 0 atom stereocenters. The van der Waals surface area contributed by atoms with Gasteiger partial charge in [0, 0.05) is 12.0 Å². The molecule has 128 valence electrons. The summed E-state index contributed by atoms with van der Waals surface area (Å²) >= 11 is 0. The summed E-state index contributed by atoms with van der Waals surface area (Å²) in [5.74, 6) is 2.25. The third-order valence-electron chi connectivity index (χ3n) is 5.14. The molecule has 1 fully saturated rings. The molecule has 1 N–H and O–H groups in total. The molecule has 1 saturated carbocycles. The van der Waals surface area contributed by atoms with Crippen LogP contribution in [-0.2, 0) is 5.41 Å². The lowest BCUT2D eigenvalue weighted by Crippen LogP contribution is -2.39. The Morgan fingerprint density at radius 2 is 1.88 bits per heavy atom. The number of nitrogens with one attached hydrogen (secondary N) is 1. The van der Waals surface area contributed by atoms with Crippen LogP contribution >= 0.6 is 0 Å². The van der Waals surface area contributed by atoms with Crippen LogP contribution in [-0.4, -0.2) is 19.6 Å². The molecule has 1 aromatic carbocycles. The molecule has 1 amide bonds. The number of benzene rings is 1. The summed E-state index contributed by atoms with van der Waals surface area (Å²) in [6.45, 7) is 4.35. The summed E-state index contributed by atoms with van der Waals surface area (Å²) in [5, 5.41) is 3.13. The largest absolute Gasteiger partial charge is 0.497 e. The van der Waals surface area contributed by atoms with Crippen LogP contribution in [0.3, 0.4) is 0 Å². The van der Waals surface area contributed by atoms with Gasteiger partial charge in [0.1, 0.15) is 17.3 Å². The highest BCUT2D eigenvalue weighted by Crippen LogP contribution is 2.41. The van der Waals surface area contributed by atoms with Crippen molar-refractivity contribution in [3.63, 3.8) is 0 Å². The van der Waals surface area contributed by atoms with E-state index in [2.05, 4.69) is 17.4 Å². The Labute approximate surface area is 143 Å². The predicted octanol–water partition coefficient (Wildman–Crippen LogP) is 4.15. The van der Waals surface area contributed by atoms with Crippen molar-refractivity contribution in [3.05, 3.63) is 53.0 Å². The van der Waals surface area contributed by atoms with Gasteiger partial charge in [-0.05, 0) is 50.5 Å². The molecular weight excluding hydrogens is 302 g/mol. The summed E-state index contributed by atoms with van der Waals surface area (Å²) in [6.07, 6.45) is 4.60. The van der Waals surface area contributed by atoms with Crippen LogP contribution in [0.15, 0.2) is 34.7 Å². The van der Waals surface area contributed by atoms with Gasteiger partial charge in [-0.25, -0.2) is 0 Å². The van der Waals surface area contributed by atoms with E-state index in [0.717, 1.165) is 24.4 Å². The van der Waals surface area contributed by atoms with Crippen molar-refractivity contribution in [1.29, 1.82) is 0 Å². The summed E-state index contributed by atoms with van der Waals surface area (Å²) in [6, 6.07) is 10.1. The smallest absolute Gasteiger partial charge is 0.254 e. The van der Waals surface area contributed by atoms with E-state index in [0.29, 0.717) is 17.9 Å². The molecule has 0 radical (unpaired) electrons. The van der Waals surface area contributed by atoms with Crippen LogP contribution < -0.4 is 10.1 Å². The Balaban J connectivity index is 1.76. The normalized spacial score (nSPS) is 16.1. The topological polar surface area (TPSA) is 51.5 Å². The fourth-order valence-electron chi connectivity index (χ4n) is 3.76. The molecule has 4 nitrogen and oxygen atoms in total. The Morgan fingerprint density at radius 1 is 1.21 bits per heavy atom. The minimum atomic E-state index is -0.0517. The third-order valence-corrected chi connectivity index (χ3v) is 5.14. The molecule has 1 aliphatic rings. The van der Waals surface area contributed by atoms with Crippen molar-refractivity contribution >= 4 is 5.91 Å². The van der Waals surface area contributed by atoms with E-state index < -0.39 is 0 Å². The van der Waals surface area contributed by atoms with E-state index in [-0.39, 0.29) is 11.3 Å². The van der Waals surface area contributed by atoms with Gasteiger partial charge < -0.3 is 14.5 Å². The minimum absolute atomic E-state index is 0.0224. The quantitative estimate of drug-likeness (QED) is 0.897. The van der Waals surface area contributed by atoms with Crippen LogP contribution in [0.2, 0.25) is 0 Å². The molecule has 0 unspecified atom stereocenters. The van der Waals surface area contributed by atoms with Gasteiger partial charge in [0.25, 0.3) is 5.91 Å². The lowest BCUT2D eigenvalue weighted by molar-refractivity contribution is 0.0941. The Bertz CT molecular complexity index is 709. The van der Waals surface area contributed by atoms with Crippen molar-refractivity contribution in [2.45, 2.75) is 44.9 Å². The number of methoxy groups -OCH3 is 1. The van der Waals surface area contributed by atoms with Crippen LogP contribution in [0.1, 0.15) is 53.1 Å². The van der Waals surface area contributed by atoms with Gasteiger partial charge in [-0.3, -0.25) is 4.79 Å². The number of ether oxygens (including phenoxy) is 1. The van der Waals surface area contributed by atoms with Crippen LogP contribution in [0.5, 0.6) is 5.75 Å². The fraction of sp³-hybridized carbons (Fsp3) is 0.450. The Hall–Kier alpha value is -2.23. The molecular formula is C20H25NO3. The summed E-state index contributed by atoms with van der Waals surface area (Å²) in [7, 11) is 1.68. The van der Waals surface area contributed by atoms with Crippen molar-refractivity contribution in [3.8, 4) is 5.75 Å². The van der Waals surface area contributed by atoms with Gasteiger partial charge in [0.2, 0.25) is 0 Å². The minimum Gasteiger partial charge on any atom is -0.497 e. The molecule has 2 aromatic rings. The molecule has 4 heteroatoms. The molecule has 1 aromatic heterocycles. The average molecular weight is 327 g/mol. The van der Waals surface area contributed by atoms with Crippen molar-refractivity contribution in [2.24, 2.45) is 0 Å². The van der Waals surface area contributed by atoms with Crippen molar-refractivity contribution in [1.82, 2.24) is 5.32 Å². The zero-order chi connectivity index (χ0) is 17.2. The van der Waals surface area contributed by atoms with E-state index in [1.165, 1.54) is 18.4 Å². The number of carbonyl (C=O) groups excluding carboxylic acids is 1. The second kappa shape index (κ2) is 6.71. The van der Waals surface area contributed by atoms with Gasteiger partial charge in [0.05, 0.1) is 12.7 Å². The Kier molecular flexibility index (Phi) is 4.65. The second-order valence-electron chi connectivity index (χ2n) is 6.73. The van der Waals surface area contributed by atoms with E-state index in [9.17, 15) is 4.79 Å². The van der Waals surface area contributed by atoms with E-state index in [4.69, 9.17) is 9.15 Å². The van der Waals surface area contributed by atoms with E-state index >= 15 is 0 Å². The first-order chi connectivity index (χ1) is 11.5. The molecule has 0 bridgehead atoms. The average Bonchev–Trinajstić information content (AvgIpc) is 3.20.